The number of aromatic amines is 1. The zero-order valence-electron chi connectivity index (χ0n) is 11.0. The number of carbonyl (C=O) groups is 1. The first-order valence-corrected chi connectivity index (χ1v) is 6.68. The van der Waals surface area contributed by atoms with E-state index in [1.807, 2.05) is 29.2 Å². The number of H-pyrrole nitrogens is 1. The summed E-state index contributed by atoms with van der Waals surface area (Å²) >= 11 is 0. The molecule has 19 heavy (non-hydrogen) atoms. The Balaban J connectivity index is 1.79. The van der Waals surface area contributed by atoms with E-state index in [0.717, 1.165) is 36.2 Å². The third kappa shape index (κ3) is 2.33. The molecular formula is C14H18N4O. The molecule has 1 aliphatic rings. The second-order valence-corrected chi connectivity index (χ2v) is 5.04. The SMILES string of the molecule is C[C@H]1CNCCN1C(=O)Cc1[nH]nc2ccccc12. The topological polar surface area (TPSA) is 61.0 Å². The van der Waals surface area contributed by atoms with Crippen LogP contribution in [0.15, 0.2) is 24.3 Å². The smallest absolute Gasteiger partial charge is 0.228 e. The Morgan fingerprint density at radius 2 is 2.32 bits per heavy atom. The Morgan fingerprint density at radius 1 is 1.47 bits per heavy atom. The third-order valence-corrected chi connectivity index (χ3v) is 3.69. The molecule has 1 fully saturated rings. The number of para-hydroxylation sites is 1. The molecule has 1 aromatic carbocycles. The zero-order valence-corrected chi connectivity index (χ0v) is 11.0. The molecule has 1 amide bonds. The van der Waals surface area contributed by atoms with E-state index in [2.05, 4.69) is 22.4 Å². The predicted molar refractivity (Wildman–Crippen MR) is 73.8 cm³/mol. The maximum Gasteiger partial charge on any atom is 0.228 e. The Kier molecular flexibility index (Phi) is 3.21. The van der Waals surface area contributed by atoms with E-state index in [-0.39, 0.29) is 11.9 Å². The van der Waals surface area contributed by atoms with Crippen LogP contribution in [-0.4, -0.2) is 46.7 Å². The van der Waals surface area contributed by atoms with Gasteiger partial charge < -0.3 is 10.2 Å². The van der Waals surface area contributed by atoms with E-state index in [1.165, 1.54) is 0 Å². The van der Waals surface area contributed by atoms with Crippen LogP contribution in [0.4, 0.5) is 0 Å². The van der Waals surface area contributed by atoms with Crippen molar-refractivity contribution in [1.29, 1.82) is 0 Å². The summed E-state index contributed by atoms with van der Waals surface area (Å²) in [7, 11) is 0. The van der Waals surface area contributed by atoms with Gasteiger partial charge in [-0.1, -0.05) is 18.2 Å². The van der Waals surface area contributed by atoms with Gasteiger partial charge >= 0.3 is 0 Å². The minimum atomic E-state index is 0.170. The summed E-state index contributed by atoms with van der Waals surface area (Å²) in [5, 5.41) is 11.5. The van der Waals surface area contributed by atoms with E-state index in [0.29, 0.717) is 6.42 Å². The van der Waals surface area contributed by atoms with E-state index in [1.54, 1.807) is 0 Å². The van der Waals surface area contributed by atoms with Crippen molar-refractivity contribution in [2.24, 2.45) is 0 Å². The molecule has 5 nitrogen and oxygen atoms in total. The van der Waals surface area contributed by atoms with Gasteiger partial charge in [0.1, 0.15) is 0 Å². The average molecular weight is 258 g/mol. The van der Waals surface area contributed by atoms with Crippen molar-refractivity contribution in [3.8, 4) is 0 Å². The molecule has 1 aliphatic heterocycles. The maximum atomic E-state index is 12.4. The molecule has 2 N–H and O–H groups in total. The van der Waals surface area contributed by atoms with Crippen LogP contribution in [0.3, 0.4) is 0 Å². The normalized spacial score (nSPS) is 19.8. The standard InChI is InChI=1S/C14H18N4O/c1-10-9-15-6-7-18(10)14(19)8-13-11-4-2-3-5-12(11)16-17-13/h2-5,10,15H,6-9H2,1H3,(H,16,17)/t10-/m0/s1. The van der Waals surface area contributed by atoms with E-state index in [4.69, 9.17) is 0 Å². The van der Waals surface area contributed by atoms with Crippen molar-refractivity contribution in [2.45, 2.75) is 19.4 Å². The highest BCUT2D eigenvalue weighted by Crippen LogP contribution is 2.16. The highest BCUT2D eigenvalue weighted by molar-refractivity contribution is 5.87. The third-order valence-electron chi connectivity index (χ3n) is 3.69. The number of aromatic nitrogens is 2. The fourth-order valence-electron chi connectivity index (χ4n) is 2.61. The molecule has 0 aliphatic carbocycles. The number of nitrogens with zero attached hydrogens (tertiary/aromatic N) is 2. The van der Waals surface area contributed by atoms with E-state index < -0.39 is 0 Å². The van der Waals surface area contributed by atoms with Gasteiger partial charge in [-0.15, -0.1) is 0 Å². The van der Waals surface area contributed by atoms with Gasteiger partial charge in [0.05, 0.1) is 17.6 Å². The average Bonchev–Trinajstić information content (AvgIpc) is 2.83. The number of piperazine rings is 1. The molecule has 2 heterocycles. The molecule has 1 aromatic heterocycles. The maximum absolute atomic E-state index is 12.4. The number of nitrogens with one attached hydrogen (secondary N) is 2. The van der Waals surface area contributed by atoms with E-state index >= 15 is 0 Å². The lowest BCUT2D eigenvalue weighted by atomic mass is 10.1. The van der Waals surface area contributed by atoms with Gasteiger partial charge in [-0.05, 0) is 13.0 Å². The number of fused-ring (bicyclic) bond motifs is 1. The van der Waals surface area contributed by atoms with Gasteiger partial charge in [-0.3, -0.25) is 9.89 Å². The number of rotatable bonds is 2. The number of benzene rings is 1. The number of amides is 1. The number of hydrogen-bond donors (Lipinski definition) is 2. The van der Waals surface area contributed by atoms with Crippen LogP contribution in [-0.2, 0) is 11.2 Å². The Bertz CT molecular complexity index is 592. The number of carbonyl (C=O) groups excluding carboxylic acids is 1. The first-order chi connectivity index (χ1) is 9.25. The minimum Gasteiger partial charge on any atom is -0.337 e. The van der Waals surface area contributed by atoms with Gasteiger partial charge in [-0.2, -0.15) is 5.10 Å². The summed E-state index contributed by atoms with van der Waals surface area (Å²) in [6.45, 7) is 4.61. The van der Waals surface area contributed by atoms with Crippen LogP contribution in [0.1, 0.15) is 12.6 Å². The van der Waals surface area contributed by atoms with E-state index in [9.17, 15) is 4.79 Å². The summed E-state index contributed by atoms with van der Waals surface area (Å²) in [5.74, 6) is 0.170. The minimum absolute atomic E-state index is 0.170. The number of hydrogen-bond acceptors (Lipinski definition) is 3. The van der Waals surface area contributed by atoms with Gasteiger partial charge in [-0.25, -0.2) is 0 Å². The van der Waals surface area contributed by atoms with Crippen LogP contribution in [0.5, 0.6) is 0 Å². The van der Waals surface area contributed by atoms with Crippen molar-refractivity contribution >= 4 is 16.8 Å². The van der Waals surface area contributed by atoms with Gasteiger partial charge in [0.2, 0.25) is 5.91 Å². The first kappa shape index (κ1) is 12.2. The fraction of sp³-hybridized carbons (Fsp3) is 0.429. The van der Waals surface area contributed by atoms with Crippen molar-refractivity contribution in [3.05, 3.63) is 30.0 Å². The largest absolute Gasteiger partial charge is 0.337 e. The van der Waals surface area contributed by atoms with Crippen LogP contribution in [0.25, 0.3) is 10.9 Å². The summed E-state index contributed by atoms with van der Waals surface area (Å²) in [4.78, 5) is 14.3. The summed E-state index contributed by atoms with van der Waals surface area (Å²) < 4.78 is 0. The molecule has 0 radical (unpaired) electrons. The molecule has 0 unspecified atom stereocenters. The van der Waals surface area contributed by atoms with Crippen molar-refractivity contribution < 1.29 is 4.79 Å². The molecular weight excluding hydrogens is 240 g/mol. The fourth-order valence-corrected chi connectivity index (χ4v) is 2.61. The van der Waals surface area contributed by atoms with Gasteiger partial charge in [0.25, 0.3) is 0 Å². The monoisotopic (exact) mass is 258 g/mol. The Hall–Kier alpha value is -1.88. The Labute approximate surface area is 112 Å². The van der Waals surface area contributed by atoms with Gasteiger partial charge in [0, 0.05) is 31.1 Å². The molecule has 0 bridgehead atoms. The van der Waals surface area contributed by atoms with Crippen molar-refractivity contribution in [1.82, 2.24) is 20.4 Å². The second kappa shape index (κ2) is 5.01. The van der Waals surface area contributed by atoms with Crippen LogP contribution >= 0.6 is 0 Å². The summed E-state index contributed by atoms with van der Waals surface area (Å²) in [6.07, 6.45) is 0.394. The van der Waals surface area contributed by atoms with Crippen LogP contribution < -0.4 is 5.32 Å². The predicted octanol–water partition coefficient (Wildman–Crippen LogP) is 0.926. The molecule has 0 saturated carbocycles. The lowest BCUT2D eigenvalue weighted by Crippen LogP contribution is -2.52. The molecule has 5 heteroatoms. The molecule has 0 spiro atoms. The lowest BCUT2D eigenvalue weighted by molar-refractivity contribution is -0.133. The molecule has 2 aromatic rings. The van der Waals surface area contributed by atoms with Crippen LogP contribution in [0.2, 0.25) is 0 Å². The quantitative estimate of drug-likeness (QED) is 0.842. The van der Waals surface area contributed by atoms with Crippen LogP contribution in [0, 0.1) is 0 Å². The van der Waals surface area contributed by atoms with Gasteiger partial charge in [0.15, 0.2) is 0 Å². The van der Waals surface area contributed by atoms with Crippen molar-refractivity contribution in [2.75, 3.05) is 19.6 Å². The highest BCUT2D eigenvalue weighted by Gasteiger charge is 2.23. The lowest BCUT2D eigenvalue weighted by Gasteiger charge is -2.34. The second-order valence-electron chi connectivity index (χ2n) is 5.04. The molecule has 3 rings (SSSR count). The Morgan fingerprint density at radius 3 is 3.16 bits per heavy atom. The molecule has 100 valence electrons. The summed E-state index contributed by atoms with van der Waals surface area (Å²) in [5.41, 5.74) is 1.82. The molecule has 1 atom stereocenters. The highest BCUT2D eigenvalue weighted by atomic mass is 16.2. The first-order valence-electron chi connectivity index (χ1n) is 6.68. The molecule has 1 saturated heterocycles. The summed E-state index contributed by atoms with van der Waals surface area (Å²) in [6, 6.07) is 8.14. The van der Waals surface area contributed by atoms with Crippen molar-refractivity contribution in [3.63, 3.8) is 0 Å². The zero-order chi connectivity index (χ0) is 13.2.